The van der Waals surface area contributed by atoms with Crippen LogP contribution in [0.2, 0.25) is 0 Å². The number of hydrogen-bond acceptors (Lipinski definition) is 12. The molecule has 0 spiro atoms. The predicted molar refractivity (Wildman–Crippen MR) is 225 cm³/mol. The molecule has 4 rings (SSSR count). The minimum absolute atomic E-state index is 0.0700. The summed E-state index contributed by atoms with van der Waals surface area (Å²) in [6.07, 6.45) is 2.61. The molecule has 4 atom stereocenters. The van der Waals surface area contributed by atoms with Crippen molar-refractivity contribution in [1.82, 2.24) is 10.6 Å². The number of para-hydroxylation sites is 1. The van der Waals surface area contributed by atoms with Crippen molar-refractivity contribution in [1.29, 1.82) is 0 Å². The number of aryl methyl sites for hydroxylation is 1. The number of esters is 2. The number of nitrogens with zero attached hydrogens (tertiary/aromatic N) is 1. The van der Waals surface area contributed by atoms with Crippen molar-refractivity contribution in [3.05, 3.63) is 70.8 Å². The lowest BCUT2D eigenvalue weighted by Gasteiger charge is -2.30. The molecule has 15 nitrogen and oxygen atoms in total. The highest BCUT2D eigenvalue weighted by Gasteiger charge is 2.44. The molecule has 0 aromatic heterocycles. The molecular formula is C42H57N4O11PS. The maximum Gasteiger partial charge on any atom is 0.340 e. The molecule has 0 aliphatic carbocycles. The number of nitrogens with two attached hydrogens (primary N) is 1. The highest BCUT2D eigenvalue weighted by atomic mass is 32.1. The molecule has 2 aromatic rings. The van der Waals surface area contributed by atoms with Crippen LogP contribution < -0.4 is 21.3 Å². The lowest BCUT2D eigenvalue weighted by molar-refractivity contribution is -0.162. The number of thiol groups is 1. The molecule has 2 heterocycles. The van der Waals surface area contributed by atoms with E-state index in [9.17, 15) is 33.3 Å². The molecular weight excluding hydrogens is 800 g/mol. The van der Waals surface area contributed by atoms with Crippen molar-refractivity contribution in [3.63, 3.8) is 0 Å². The summed E-state index contributed by atoms with van der Waals surface area (Å²) < 4.78 is 35.0. The first-order valence-electron chi connectivity index (χ1n) is 19.5. The molecule has 2 aromatic carbocycles. The standard InChI is InChI=1S/C42H57N4O11PS/c1-25(28-14-12-27(13-15-28)22-58(53,56-23-54-39(51)41(3,4)5)57-24-55-40(52)42(6,7)8)20-35(48)44-32-17-16-29-10-9-11-30-21-33(46(36(29)30)38(32)50)37(49)45-31(26(2)59)18-19-34(43)47/h9-15,20,26,31-33,59H,16-19,21-24H2,1-8H3,(H2,43,47)(H,44,48)(H,45,49)/b25-20+/t26-,31+,32+,33+/m1/s1. The summed E-state index contributed by atoms with van der Waals surface area (Å²) in [5, 5.41) is 5.54. The molecule has 17 heteroatoms. The molecule has 322 valence electrons. The number of hydrogen-bond donors (Lipinski definition) is 4. The van der Waals surface area contributed by atoms with Crippen molar-refractivity contribution in [2.75, 3.05) is 18.5 Å². The first-order valence-corrected chi connectivity index (χ1v) is 21.7. The number of rotatable bonds is 17. The van der Waals surface area contributed by atoms with Gasteiger partial charge in [0.15, 0.2) is 0 Å². The van der Waals surface area contributed by atoms with Crippen molar-refractivity contribution in [2.24, 2.45) is 16.6 Å². The zero-order valence-corrected chi connectivity index (χ0v) is 36.8. The average molecular weight is 857 g/mol. The monoisotopic (exact) mass is 856 g/mol. The van der Waals surface area contributed by atoms with E-state index in [0.29, 0.717) is 48.1 Å². The van der Waals surface area contributed by atoms with E-state index in [-0.39, 0.29) is 23.7 Å². The number of nitrogens with one attached hydrogen (secondary N) is 2. The third kappa shape index (κ3) is 13.0. The summed E-state index contributed by atoms with van der Waals surface area (Å²) in [4.78, 5) is 78.9. The Morgan fingerprint density at radius 2 is 1.53 bits per heavy atom. The highest BCUT2D eigenvalue weighted by Crippen LogP contribution is 2.51. The van der Waals surface area contributed by atoms with Crippen LogP contribution in [0.4, 0.5) is 5.69 Å². The lowest BCUT2D eigenvalue weighted by atomic mass is 9.98. The number of benzene rings is 2. The van der Waals surface area contributed by atoms with Gasteiger partial charge in [0.1, 0.15) is 12.1 Å². The van der Waals surface area contributed by atoms with E-state index in [0.717, 1.165) is 11.1 Å². The van der Waals surface area contributed by atoms with Gasteiger partial charge in [-0.25, -0.2) is 0 Å². The van der Waals surface area contributed by atoms with Gasteiger partial charge >= 0.3 is 19.5 Å². The summed E-state index contributed by atoms with van der Waals surface area (Å²) in [5.74, 6) is -2.93. The summed E-state index contributed by atoms with van der Waals surface area (Å²) in [6.45, 7) is 12.2. The molecule has 0 unspecified atom stereocenters. The van der Waals surface area contributed by atoms with Crippen LogP contribution in [-0.4, -0.2) is 72.5 Å². The molecule has 4 N–H and O–H groups in total. The summed E-state index contributed by atoms with van der Waals surface area (Å²) >= 11 is 4.50. The quantitative estimate of drug-likeness (QED) is 0.0523. The highest BCUT2D eigenvalue weighted by molar-refractivity contribution is 7.81. The minimum Gasteiger partial charge on any atom is -0.438 e. The van der Waals surface area contributed by atoms with E-state index in [2.05, 4.69) is 23.3 Å². The van der Waals surface area contributed by atoms with Crippen molar-refractivity contribution >= 4 is 67.1 Å². The van der Waals surface area contributed by atoms with Crippen LogP contribution in [0.15, 0.2) is 48.5 Å². The zero-order valence-electron chi connectivity index (χ0n) is 35.0. The van der Waals surface area contributed by atoms with Crippen molar-refractivity contribution in [3.8, 4) is 0 Å². The van der Waals surface area contributed by atoms with E-state index in [1.165, 1.54) is 11.0 Å². The largest absolute Gasteiger partial charge is 0.438 e. The Balaban J connectivity index is 1.45. The van der Waals surface area contributed by atoms with Gasteiger partial charge in [-0.15, -0.1) is 0 Å². The van der Waals surface area contributed by atoms with Gasteiger partial charge in [-0.2, -0.15) is 12.6 Å². The molecule has 0 saturated heterocycles. The summed E-state index contributed by atoms with van der Waals surface area (Å²) in [5.41, 5.74) is 7.90. The molecule has 0 fully saturated rings. The van der Waals surface area contributed by atoms with Crippen LogP contribution in [0.1, 0.15) is 96.9 Å². The van der Waals surface area contributed by atoms with Crippen LogP contribution in [0.25, 0.3) is 5.57 Å². The van der Waals surface area contributed by atoms with Crippen molar-refractivity contribution < 1.29 is 51.9 Å². The zero-order chi connectivity index (χ0) is 43.9. The van der Waals surface area contributed by atoms with Crippen LogP contribution in [0, 0.1) is 10.8 Å². The predicted octanol–water partition coefficient (Wildman–Crippen LogP) is 5.37. The minimum atomic E-state index is -4.02. The Hall–Kier alpha value is -4.50. The first-order chi connectivity index (χ1) is 27.5. The third-order valence-electron chi connectivity index (χ3n) is 9.87. The molecule has 2 aliphatic heterocycles. The second kappa shape index (κ2) is 19.7. The molecule has 0 bridgehead atoms. The topological polar surface area (TPSA) is 210 Å². The van der Waals surface area contributed by atoms with Gasteiger partial charge in [0, 0.05) is 30.2 Å². The molecule has 59 heavy (non-hydrogen) atoms. The number of carbonyl (C=O) groups excluding carboxylic acids is 6. The summed E-state index contributed by atoms with van der Waals surface area (Å²) in [6, 6.07) is 10.2. The maximum absolute atomic E-state index is 14.2. The second-order valence-electron chi connectivity index (χ2n) is 17.0. The van der Waals surface area contributed by atoms with Crippen LogP contribution in [-0.2, 0) is 70.9 Å². The fourth-order valence-corrected chi connectivity index (χ4v) is 8.02. The Labute approximate surface area is 351 Å². The van der Waals surface area contributed by atoms with E-state index in [1.54, 1.807) is 79.7 Å². The maximum atomic E-state index is 14.2. The Kier molecular flexibility index (Phi) is 15.8. The Morgan fingerprint density at radius 1 is 0.949 bits per heavy atom. The molecule has 2 aliphatic rings. The van der Waals surface area contributed by atoms with E-state index in [1.807, 2.05) is 18.2 Å². The normalized spacial score (nSPS) is 17.9. The smallest absolute Gasteiger partial charge is 0.340 e. The molecule has 0 radical (unpaired) electrons. The van der Waals surface area contributed by atoms with E-state index in [4.69, 9.17) is 24.3 Å². The van der Waals surface area contributed by atoms with E-state index >= 15 is 0 Å². The first kappa shape index (κ1) is 47.2. The van der Waals surface area contributed by atoms with Gasteiger partial charge in [0.2, 0.25) is 37.2 Å². The molecule has 4 amide bonds. The fraction of sp³-hybridized carbons (Fsp3) is 0.524. The average Bonchev–Trinajstić information content (AvgIpc) is 3.48. The van der Waals surface area contributed by atoms with Gasteiger partial charge in [0.25, 0.3) is 0 Å². The lowest BCUT2D eigenvalue weighted by Crippen LogP contribution is -2.56. The number of ether oxygens (including phenoxy) is 2. The second-order valence-corrected chi connectivity index (χ2v) is 19.8. The van der Waals surface area contributed by atoms with Gasteiger partial charge in [0.05, 0.1) is 22.7 Å². The van der Waals surface area contributed by atoms with Gasteiger partial charge in [-0.05, 0) is 95.6 Å². The number of allylic oxidation sites excluding steroid dienone is 1. The number of carbonyl (C=O) groups is 6. The number of primary amides is 1. The fourth-order valence-electron chi connectivity index (χ4n) is 6.46. The Bertz CT molecular complexity index is 1950. The Morgan fingerprint density at radius 3 is 2.07 bits per heavy atom. The number of amides is 4. The third-order valence-corrected chi connectivity index (χ3v) is 12.0. The SMILES string of the molecule is C/C(=C\C(=O)N[C@H]1CCc2cccc3c2N(C1=O)[C@H](C(=O)N[C@@H](CCC(N)=O)[C@@H](C)S)C3)c1ccc(CP(=O)(OCOC(=O)C(C)(C)C)OCOC(=O)C(C)(C)C)cc1. The van der Waals surface area contributed by atoms with Crippen molar-refractivity contribution in [2.45, 2.75) is 117 Å². The van der Waals surface area contributed by atoms with Gasteiger partial charge in [-0.3, -0.25) is 47.3 Å². The molecule has 0 saturated carbocycles. The van der Waals surface area contributed by atoms with Crippen LogP contribution >= 0.6 is 20.2 Å². The van der Waals surface area contributed by atoms with Crippen LogP contribution in [0.3, 0.4) is 0 Å². The van der Waals surface area contributed by atoms with Crippen LogP contribution in [0.5, 0.6) is 0 Å². The number of anilines is 1. The van der Waals surface area contributed by atoms with E-state index < -0.39 is 79.8 Å². The summed E-state index contributed by atoms with van der Waals surface area (Å²) in [7, 11) is -4.02. The van der Waals surface area contributed by atoms with Gasteiger partial charge < -0.3 is 25.8 Å². The van der Waals surface area contributed by atoms with Gasteiger partial charge in [-0.1, -0.05) is 49.4 Å².